The Hall–Kier alpha value is -4.50. The molecule has 1 N–H and O–H groups in total. The molecule has 0 unspecified atom stereocenters. The van der Waals surface area contributed by atoms with Crippen molar-refractivity contribution in [3.05, 3.63) is 102 Å². The van der Waals surface area contributed by atoms with Crippen LogP contribution >= 0.6 is 12.2 Å². The molecule has 1 heterocycles. The van der Waals surface area contributed by atoms with Crippen molar-refractivity contribution in [2.24, 2.45) is 20.3 Å². The molecule has 1 aliphatic rings. The topological polar surface area (TPSA) is 85.0 Å². The lowest BCUT2D eigenvalue weighted by Crippen LogP contribution is -2.34. The summed E-state index contributed by atoms with van der Waals surface area (Å²) < 4.78 is 0. The maximum Gasteiger partial charge on any atom is 0.284 e. The minimum atomic E-state index is -0.350. The highest BCUT2D eigenvalue weighted by atomic mass is 32.1. The molecule has 3 aromatic carbocycles. The van der Waals surface area contributed by atoms with Crippen LogP contribution in [0.25, 0.3) is 6.08 Å². The summed E-state index contributed by atoms with van der Waals surface area (Å²) in [4.78, 5) is 20.6. The number of azo groups is 1. The van der Waals surface area contributed by atoms with Gasteiger partial charge in [-0.3, -0.25) is 10.2 Å². The lowest BCUT2D eigenvalue weighted by Gasteiger charge is -2.13. The number of aliphatic imine (C=N–C) groups is 1. The smallest absolute Gasteiger partial charge is 0.284 e. The first-order valence-corrected chi connectivity index (χ1v) is 11.6. The van der Waals surface area contributed by atoms with E-state index in [-0.39, 0.29) is 16.7 Å². The van der Waals surface area contributed by atoms with E-state index in [1.54, 1.807) is 13.0 Å². The minimum Gasteiger partial charge on any atom is -0.378 e. The lowest BCUT2D eigenvalue weighted by molar-refractivity contribution is -0.120. The molecule has 0 spiro atoms. The van der Waals surface area contributed by atoms with Crippen molar-refractivity contribution in [3.8, 4) is 0 Å². The fraction of sp³-hybridized carbons (Fsp3) is 0.111. The number of hydrazone groups is 1. The second-order valence-electron chi connectivity index (χ2n) is 8.08. The van der Waals surface area contributed by atoms with Crippen LogP contribution in [0.3, 0.4) is 0 Å². The highest BCUT2D eigenvalue weighted by Crippen LogP contribution is 2.20. The summed E-state index contributed by atoms with van der Waals surface area (Å²) in [6.07, 6.45) is 1.72. The van der Waals surface area contributed by atoms with Gasteiger partial charge in [0.25, 0.3) is 5.91 Å². The fourth-order valence-corrected chi connectivity index (χ4v) is 3.63. The Morgan fingerprint density at radius 3 is 2.22 bits per heavy atom. The molecule has 0 fully saturated rings. The van der Waals surface area contributed by atoms with Gasteiger partial charge in [-0.25, -0.2) is 9.89 Å². The molecular formula is C27H25N7OS. The highest BCUT2D eigenvalue weighted by molar-refractivity contribution is 7.80. The average molecular weight is 496 g/mol. The van der Waals surface area contributed by atoms with Crippen LogP contribution in [0, 0.1) is 0 Å². The molecule has 0 radical (unpaired) electrons. The van der Waals surface area contributed by atoms with Gasteiger partial charge in [0, 0.05) is 25.3 Å². The van der Waals surface area contributed by atoms with Crippen molar-refractivity contribution in [1.29, 1.82) is 0 Å². The Kier molecular flexibility index (Phi) is 7.72. The van der Waals surface area contributed by atoms with E-state index in [9.17, 15) is 4.79 Å². The maximum atomic E-state index is 13.0. The van der Waals surface area contributed by atoms with Crippen molar-refractivity contribution in [2.45, 2.75) is 6.92 Å². The van der Waals surface area contributed by atoms with Crippen LogP contribution in [0.5, 0.6) is 0 Å². The van der Waals surface area contributed by atoms with Gasteiger partial charge in [0.2, 0.25) is 10.9 Å². The van der Waals surface area contributed by atoms with Crippen molar-refractivity contribution < 1.29 is 4.79 Å². The number of rotatable bonds is 5. The molecule has 9 heteroatoms. The van der Waals surface area contributed by atoms with E-state index in [4.69, 9.17) is 12.2 Å². The number of thiocarbonyl (C=S) groups is 1. The zero-order valence-corrected chi connectivity index (χ0v) is 21.0. The molecule has 36 heavy (non-hydrogen) atoms. The van der Waals surface area contributed by atoms with Crippen LogP contribution in [-0.4, -0.2) is 41.7 Å². The highest BCUT2D eigenvalue weighted by Gasteiger charge is 2.31. The third-order valence-corrected chi connectivity index (χ3v) is 5.52. The SMILES string of the molecule is CC1=N/C(=C/c2ccccc2)C(=O)N1C(=S)N=N/C(=N/Nc1ccccc1)c1ccc(N(C)C)cc1. The third kappa shape index (κ3) is 5.94. The Morgan fingerprint density at radius 2 is 1.58 bits per heavy atom. The van der Waals surface area contributed by atoms with Gasteiger partial charge in [0.1, 0.15) is 11.5 Å². The third-order valence-electron chi connectivity index (χ3n) is 5.26. The van der Waals surface area contributed by atoms with Crippen molar-refractivity contribution in [1.82, 2.24) is 4.90 Å². The van der Waals surface area contributed by atoms with Crippen molar-refractivity contribution in [3.63, 3.8) is 0 Å². The van der Waals surface area contributed by atoms with Crippen LogP contribution in [0.2, 0.25) is 0 Å². The number of nitrogens with zero attached hydrogens (tertiary/aromatic N) is 6. The number of amidine groups is 2. The first kappa shape index (κ1) is 24.6. The Bertz CT molecular complexity index is 1360. The Balaban J connectivity index is 1.57. The van der Waals surface area contributed by atoms with E-state index in [0.29, 0.717) is 11.7 Å². The van der Waals surface area contributed by atoms with Gasteiger partial charge in [-0.2, -0.15) is 5.10 Å². The van der Waals surface area contributed by atoms with Crippen molar-refractivity contribution in [2.75, 3.05) is 24.4 Å². The lowest BCUT2D eigenvalue weighted by atomic mass is 10.2. The summed E-state index contributed by atoms with van der Waals surface area (Å²) in [6, 6.07) is 26.7. The molecule has 0 saturated heterocycles. The number of hydrogen-bond acceptors (Lipinski definition) is 6. The van der Waals surface area contributed by atoms with Gasteiger partial charge in [-0.15, -0.1) is 10.2 Å². The Labute approximate surface area is 215 Å². The largest absolute Gasteiger partial charge is 0.378 e. The summed E-state index contributed by atoms with van der Waals surface area (Å²) >= 11 is 5.44. The molecule has 0 aliphatic carbocycles. The van der Waals surface area contributed by atoms with Gasteiger partial charge < -0.3 is 4.90 Å². The zero-order chi connectivity index (χ0) is 25.5. The van der Waals surface area contributed by atoms with Gasteiger partial charge in [0.15, 0.2) is 0 Å². The molecule has 1 amide bonds. The minimum absolute atomic E-state index is 0.0185. The first-order valence-electron chi connectivity index (χ1n) is 11.2. The number of anilines is 2. The molecule has 0 atom stereocenters. The number of amides is 1. The molecule has 0 saturated carbocycles. The second kappa shape index (κ2) is 11.3. The predicted octanol–water partition coefficient (Wildman–Crippen LogP) is 5.57. The summed E-state index contributed by atoms with van der Waals surface area (Å²) in [5.41, 5.74) is 6.72. The van der Waals surface area contributed by atoms with Gasteiger partial charge in [-0.05, 0) is 67.2 Å². The quantitative estimate of drug-likeness (QED) is 0.125. The molecule has 3 aromatic rings. The molecule has 8 nitrogen and oxygen atoms in total. The summed E-state index contributed by atoms with van der Waals surface area (Å²) in [5, 5.41) is 12.9. The van der Waals surface area contributed by atoms with Gasteiger partial charge in [-0.1, -0.05) is 48.5 Å². The number of hydrogen-bond donors (Lipinski definition) is 1. The standard InChI is InChI=1S/C27H25N7OS/c1-19-28-24(18-20-10-6-4-7-11-20)26(35)34(19)27(36)32-31-25(30-29-22-12-8-5-9-13-22)21-14-16-23(17-15-21)33(2)3/h4-18,29H,1-3H3/b24-18+,30-25+,32-31?. The van der Waals surface area contributed by atoms with Crippen LogP contribution < -0.4 is 10.3 Å². The van der Waals surface area contributed by atoms with Crippen LogP contribution in [0.1, 0.15) is 18.1 Å². The van der Waals surface area contributed by atoms with E-state index in [0.717, 1.165) is 22.5 Å². The van der Waals surface area contributed by atoms with Crippen molar-refractivity contribution >= 4 is 52.4 Å². The zero-order valence-electron chi connectivity index (χ0n) is 20.2. The van der Waals surface area contributed by atoms with Crippen LogP contribution in [0.4, 0.5) is 11.4 Å². The fourth-order valence-electron chi connectivity index (χ4n) is 3.38. The van der Waals surface area contributed by atoms with Gasteiger partial charge >= 0.3 is 0 Å². The van der Waals surface area contributed by atoms with E-state index in [1.807, 2.05) is 104 Å². The molecular weight excluding hydrogens is 470 g/mol. The molecule has 0 aromatic heterocycles. The monoisotopic (exact) mass is 495 g/mol. The van der Waals surface area contributed by atoms with E-state index < -0.39 is 0 Å². The number of nitrogens with one attached hydrogen (secondary N) is 1. The molecule has 1 aliphatic heterocycles. The molecule has 180 valence electrons. The van der Waals surface area contributed by atoms with E-state index in [2.05, 4.69) is 25.7 Å². The van der Waals surface area contributed by atoms with E-state index in [1.165, 1.54) is 4.90 Å². The Morgan fingerprint density at radius 1 is 0.944 bits per heavy atom. The second-order valence-corrected chi connectivity index (χ2v) is 8.44. The maximum absolute atomic E-state index is 13.0. The summed E-state index contributed by atoms with van der Waals surface area (Å²) in [6.45, 7) is 1.71. The van der Waals surface area contributed by atoms with Crippen LogP contribution in [0.15, 0.2) is 111 Å². The summed E-state index contributed by atoms with van der Waals surface area (Å²) in [7, 11) is 3.94. The number of para-hydroxylation sites is 1. The summed E-state index contributed by atoms with van der Waals surface area (Å²) in [5.74, 6) is 0.395. The van der Waals surface area contributed by atoms with Gasteiger partial charge in [0.05, 0.1) is 5.69 Å². The van der Waals surface area contributed by atoms with E-state index >= 15 is 0 Å². The first-order chi connectivity index (χ1) is 17.4. The normalized spacial score (nSPS) is 14.9. The molecule has 0 bridgehead atoms. The number of carbonyl (C=O) groups is 1. The average Bonchev–Trinajstić information content (AvgIpc) is 3.17. The molecule has 4 rings (SSSR count). The predicted molar refractivity (Wildman–Crippen MR) is 149 cm³/mol. The number of benzene rings is 3. The van der Waals surface area contributed by atoms with Crippen LogP contribution in [-0.2, 0) is 4.79 Å². The number of carbonyl (C=O) groups excluding carboxylic acids is 1.